The minimum atomic E-state index is -1.22. The summed E-state index contributed by atoms with van der Waals surface area (Å²) in [6.07, 6.45) is 0.440. The molecule has 2 aliphatic rings. The fraction of sp³-hybridized carbons (Fsp3) is 0.385. The van der Waals surface area contributed by atoms with Gasteiger partial charge >= 0.3 is 11.9 Å². The van der Waals surface area contributed by atoms with Gasteiger partial charge in [0.05, 0.1) is 25.9 Å². The van der Waals surface area contributed by atoms with Crippen LogP contribution in [0.25, 0.3) is 0 Å². The molecule has 0 bridgehead atoms. The van der Waals surface area contributed by atoms with Crippen molar-refractivity contribution in [2.75, 3.05) is 7.11 Å². The average Bonchev–Trinajstić information content (AvgIpc) is 2.81. The molecule has 0 N–H and O–H groups in total. The van der Waals surface area contributed by atoms with Gasteiger partial charge in [0, 0.05) is 5.56 Å². The number of methoxy groups -OCH3 is 1. The first kappa shape index (κ1) is 11.1. The molecule has 2 aliphatic heterocycles. The molecule has 2 heterocycles. The molecule has 0 spiro atoms. The summed E-state index contributed by atoms with van der Waals surface area (Å²) in [4.78, 5) is 22.9. The molecule has 1 aromatic rings. The highest BCUT2D eigenvalue weighted by atomic mass is 16.7. The average molecular weight is 248 g/mol. The molecule has 3 rings (SSSR count). The van der Waals surface area contributed by atoms with Crippen molar-refractivity contribution in [1.82, 2.24) is 0 Å². The highest BCUT2D eigenvalue weighted by Gasteiger charge is 2.59. The Morgan fingerprint density at radius 2 is 1.67 bits per heavy atom. The van der Waals surface area contributed by atoms with Crippen LogP contribution >= 0.6 is 0 Å². The summed E-state index contributed by atoms with van der Waals surface area (Å²) in [6.45, 7) is 0. The first-order valence-electron chi connectivity index (χ1n) is 5.72. The first-order valence-corrected chi connectivity index (χ1v) is 5.72. The number of esters is 2. The normalized spacial score (nSPS) is 29.7. The lowest BCUT2D eigenvalue weighted by atomic mass is 9.91. The minimum absolute atomic E-state index is 0.220. The Labute approximate surface area is 104 Å². The lowest BCUT2D eigenvalue weighted by Crippen LogP contribution is -2.30. The lowest BCUT2D eigenvalue weighted by Gasteiger charge is -2.25. The van der Waals surface area contributed by atoms with Crippen LogP contribution in [0.5, 0.6) is 5.75 Å². The van der Waals surface area contributed by atoms with Gasteiger partial charge in [0.25, 0.3) is 5.79 Å². The third-order valence-corrected chi connectivity index (χ3v) is 3.39. The van der Waals surface area contributed by atoms with Crippen LogP contribution in [0.1, 0.15) is 18.4 Å². The van der Waals surface area contributed by atoms with E-state index in [-0.39, 0.29) is 30.7 Å². The van der Waals surface area contributed by atoms with Crippen molar-refractivity contribution in [3.8, 4) is 5.75 Å². The maximum Gasteiger partial charge on any atom is 0.309 e. The van der Waals surface area contributed by atoms with Crippen molar-refractivity contribution in [2.24, 2.45) is 5.92 Å². The van der Waals surface area contributed by atoms with E-state index < -0.39 is 5.79 Å². The topological polar surface area (TPSA) is 61.8 Å². The number of hydrogen-bond donors (Lipinski definition) is 0. The van der Waals surface area contributed by atoms with Crippen LogP contribution in [-0.2, 0) is 24.8 Å². The second kappa shape index (κ2) is 3.73. The summed E-state index contributed by atoms with van der Waals surface area (Å²) >= 11 is 0. The summed E-state index contributed by atoms with van der Waals surface area (Å²) < 4.78 is 15.6. The predicted molar refractivity (Wildman–Crippen MR) is 59.6 cm³/mol. The van der Waals surface area contributed by atoms with Crippen molar-refractivity contribution in [3.63, 3.8) is 0 Å². The van der Waals surface area contributed by atoms with Crippen LogP contribution in [0.3, 0.4) is 0 Å². The number of rotatable bonds is 2. The Morgan fingerprint density at radius 3 is 2.17 bits per heavy atom. The summed E-state index contributed by atoms with van der Waals surface area (Å²) in [5.74, 6) is -1.42. The number of carbonyl (C=O) groups is 2. The third kappa shape index (κ3) is 1.47. The number of hydrogen-bond acceptors (Lipinski definition) is 5. The summed E-state index contributed by atoms with van der Waals surface area (Å²) in [5.41, 5.74) is 0.671. The molecule has 0 radical (unpaired) electrons. The SMILES string of the molecule is COc1ccc(C23OC(=O)CC2CC(=O)O3)cc1. The van der Waals surface area contributed by atoms with Crippen molar-refractivity contribution < 1.29 is 23.8 Å². The summed E-state index contributed by atoms with van der Waals surface area (Å²) in [7, 11) is 1.57. The fourth-order valence-corrected chi connectivity index (χ4v) is 2.53. The van der Waals surface area contributed by atoms with E-state index in [0.29, 0.717) is 11.3 Å². The Kier molecular flexibility index (Phi) is 2.29. The molecule has 0 aromatic heterocycles. The zero-order chi connectivity index (χ0) is 12.8. The minimum Gasteiger partial charge on any atom is -0.497 e. The standard InChI is InChI=1S/C13H12O5/c1-16-10-4-2-8(3-5-10)13-9(6-11(14)17-13)7-12(15)18-13/h2-5,9H,6-7H2,1H3. The van der Waals surface area contributed by atoms with Gasteiger partial charge in [0.2, 0.25) is 0 Å². The van der Waals surface area contributed by atoms with Crippen molar-refractivity contribution in [3.05, 3.63) is 29.8 Å². The predicted octanol–water partition coefficient (Wildman–Crippen LogP) is 1.36. The monoisotopic (exact) mass is 248 g/mol. The van der Waals surface area contributed by atoms with Gasteiger partial charge in [-0.05, 0) is 24.3 Å². The zero-order valence-electron chi connectivity index (χ0n) is 9.84. The Morgan fingerprint density at radius 1 is 1.11 bits per heavy atom. The number of fused-ring (bicyclic) bond motifs is 1. The molecular formula is C13H12O5. The molecule has 2 saturated heterocycles. The van der Waals surface area contributed by atoms with Gasteiger partial charge in [-0.25, -0.2) is 0 Å². The van der Waals surface area contributed by atoms with E-state index in [0.717, 1.165) is 0 Å². The van der Waals surface area contributed by atoms with Crippen LogP contribution in [0.15, 0.2) is 24.3 Å². The molecule has 0 unspecified atom stereocenters. The van der Waals surface area contributed by atoms with Crippen LogP contribution in [0, 0.1) is 5.92 Å². The van der Waals surface area contributed by atoms with Crippen LogP contribution in [0.4, 0.5) is 0 Å². The molecule has 18 heavy (non-hydrogen) atoms. The van der Waals surface area contributed by atoms with E-state index in [1.807, 2.05) is 0 Å². The molecule has 0 aliphatic carbocycles. The second-order valence-electron chi connectivity index (χ2n) is 4.45. The smallest absolute Gasteiger partial charge is 0.309 e. The van der Waals surface area contributed by atoms with E-state index in [4.69, 9.17) is 14.2 Å². The van der Waals surface area contributed by atoms with Crippen LogP contribution in [-0.4, -0.2) is 19.0 Å². The van der Waals surface area contributed by atoms with Gasteiger partial charge in [-0.2, -0.15) is 0 Å². The van der Waals surface area contributed by atoms with E-state index in [9.17, 15) is 9.59 Å². The number of ether oxygens (including phenoxy) is 3. The first-order chi connectivity index (χ1) is 8.64. The summed E-state index contributed by atoms with van der Waals surface area (Å²) in [6, 6.07) is 7.00. The lowest BCUT2D eigenvalue weighted by molar-refractivity contribution is -0.210. The summed E-state index contributed by atoms with van der Waals surface area (Å²) in [5, 5.41) is 0. The molecule has 94 valence electrons. The zero-order valence-corrected chi connectivity index (χ0v) is 9.84. The molecule has 0 amide bonds. The second-order valence-corrected chi connectivity index (χ2v) is 4.45. The molecule has 0 atom stereocenters. The molecule has 5 heteroatoms. The van der Waals surface area contributed by atoms with Gasteiger partial charge < -0.3 is 14.2 Å². The van der Waals surface area contributed by atoms with Crippen LogP contribution < -0.4 is 4.74 Å². The largest absolute Gasteiger partial charge is 0.497 e. The van der Waals surface area contributed by atoms with Crippen molar-refractivity contribution in [2.45, 2.75) is 18.6 Å². The fourth-order valence-electron chi connectivity index (χ4n) is 2.53. The molecular weight excluding hydrogens is 236 g/mol. The number of carbonyl (C=O) groups excluding carboxylic acids is 2. The van der Waals surface area contributed by atoms with E-state index in [2.05, 4.69) is 0 Å². The number of benzene rings is 1. The molecule has 1 aromatic carbocycles. The Hall–Kier alpha value is -2.04. The van der Waals surface area contributed by atoms with E-state index in [1.54, 1.807) is 31.4 Å². The van der Waals surface area contributed by atoms with E-state index >= 15 is 0 Å². The maximum absolute atomic E-state index is 11.4. The highest BCUT2D eigenvalue weighted by Crippen LogP contribution is 2.49. The molecule has 0 saturated carbocycles. The quantitative estimate of drug-likeness (QED) is 0.739. The van der Waals surface area contributed by atoms with Crippen molar-refractivity contribution in [1.29, 1.82) is 0 Å². The van der Waals surface area contributed by atoms with Gasteiger partial charge in [-0.15, -0.1) is 0 Å². The Balaban J connectivity index is 2.01. The van der Waals surface area contributed by atoms with Gasteiger partial charge in [0.1, 0.15) is 5.75 Å². The maximum atomic E-state index is 11.4. The van der Waals surface area contributed by atoms with Gasteiger partial charge in [0.15, 0.2) is 0 Å². The van der Waals surface area contributed by atoms with Gasteiger partial charge in [-0.3, -0.25) is 9.59 Å². The Bertz CT molecular complexity index is 485. The van der Waals surface area contributed by atoms with Crippen LogP contribution in [0.2, 0.25) is 0 Å². The van der Waals surface area contributed by atoms with Gasteiger partial charge in [-0.1, -0.05) is 0 Å². The van der Waals surface area contributed by atoms with Crippen molar-refractivity contribution >= 4 is 11.9 Å². The molecule has 5 nitrogen and oxygen atoms in total. The van der Waals surface area contributed by atoms with E-state index in [1.165, 1.54) is 0 Å². The third-order valence-electron chi connectivity index (χ3n) is 3.39. The highest BCUT2D eigenvalue weighted by molar-refractivity contribution is 5.80. The molecule has 2 fully saturated rings.